The van der Waals surface area contributed by atoms with Crippen molar-refractivity contribution in [3.63, 3.8) is 0 Å². The van der Waals surface area contributed by atoms with Crippen LogP contribution in [0.4, 0.5) is 4.39 Å². The lowest BCUT2D eigenvalue weighted by Gasteiger charge is -2.17. The SMILES string of the molecule is CC1CN(Cc2cc(CNC3CC3)ccc2F)CC1C. The van der Waals surface area contributed by atoms with Gasteiger partial charge in [0.05, 0.1) is 0 Å². The van der Waals surface area contributed by atoms with Gasteiger partial charge < -0.3 is 5.32 Å². The summed E-state index contributed by atoms with van der Waals surface area (Å²) in [5.74, 6) is 1.38. The van der Waals surface area contributed by atoms with Crippen LogP contribution in [0.1, 0.15) is 37.8 Å². The number of rotatable bonds is 5. The van der Waals surface area contributed by atoms with Crippen molar-refractivity contribution in [1.82, 2.24) is 10.2 Å². The van der Waals surface area contributed by atoms with Gasteiger partial charge in [0.25, 0.3) is 0 Å². The van der Waals surface area contributed by atoms with Crippen LogP contribution in [0, 0.1) is 17.7 Å². The number of hydrogen-bond donors (Lipinski definition) is 1. The van der Waals surface area contributed by atoms with E-state index in [1.54, 1.807) is 6.07 Å². The van der Waals surface area contributed by atoms with Crippen molar-refractivity contribution < 1.29 is 4.39 Å². The van der Waals surface area contributed by atoms with E-state index < -0.39 is 0 Å². The minimum absolute atomic E-state index is 0.0626. The van der Waals surface area contributed by atoms with Crippen molar-refractivity contribution in [2.45, 2.75) is 45.8 Å². The Morgan fingerprint density at radius 2 is 1.90 bits per heavy atom. The predicted molar refractivity (Wildman–Crippen MR) is 79.9 cm³/mol. The van der Waals surface area contributed by atoms with Gasteiger partial charge in [0.15, 0.2) is 0 Å². The molecule has 1 heterocycles. The van der Waals surface area contributed by atoms with Crippen LogP contribution < -0.4 is 5.32 Å². The van der Waals surface area contributed by atoms with Crippen molar-refractivity contribution in [2.24, 2.45) is 11.8 Å². The molecule has 1 saturated carbocycles. The van der Waals surface area contributed by atoms with Crippen LogP contribution in [-0.4, -0.2) is 24.0 Å². The number of benzene rings is 1. The monoisotopic (exact) mass is 276 g/mol. The molecule has 20 heavy (non-hydrogen) atoms. The molecule has 3 rings (SSSR count). The zero-order chi connectivity index (χ0) is 14.1. The van der Waals surface area contributed by atoms with Gasteiger partial charge >= 0.3 is 0 Å². The molecule has 2 atom stereocenters. The third-order valence-electron chi connectivity index (χ3n) is 4.74. The molecule has 1 saturated heterocycles. The maximum atomic E-state index is 14.0. The number of likely N-dealkylation sites (tertiary alicyclic amines) is 1. The van der Waals surface area contributed by atoms with Crippen LogP contribution >= 0.6 is 0 Å². The number of hydrogen-bond acceptors (Lipinski definition) is 2. The van der Waals surface area contributed by atoms with Gasteiger partial charge in [-0.3, -0.25) is 4.90 Å². The summed E-state index contributed by atoms with van der Waals surface area (Å²) < 4.78 is 14.0. The number of nitrogens with zero attached hydrogens (tertiary/aromatic N) is 1. The third-order valence-corrected chi connectivity index (χ3v) is 4.74. The molecule has 3 heteroatoms. The fourth-order valence-electron chi connectivity index (χ4n) is 3.03. The molecule has 2 aliphatic rings. The van der Waals surface area contributed by atoms with Gasteiger partial charge in [0.2, 0.25) is 0 Å². The first-order valence-electron chi connectivity index (χ1n) is 7.85. The van der Waals surface area contributed by atoms with Crippen LogP contribution in [0.5, 0.6) is 0 Å². The van der Waals surface area contributed by atoms with Gasteiger partial charge in [-0.2, -0.15) is 0 Å². The minimum Gasteiger partial charge on any atom is -0.310 e. The van der Waals surface area contributed by atoms with Gasteiger partial charge in [-0.1, -0.05) is 26.0 Å². The van der Waals surface area contributed by atoms with Crippen molar-refractivity contribution in [2.75, 3.05) is 13.1 Å². The zero-order valence-corrected chi connectivity index (χ0v) is 12.5. The highest BCUT2D eigenvalue weighted by molar-refractivity contribution is 5.25. The van der Waals surface area contributed by atoms with E-state index in [0.29, 0.717) is 6.04 Å². The normalized spacial score (nSPS) is 27.1. The lowest BCUT2D eigenvalue weighted by atomic mass is 10.0. The van der Waals surface area contributed by atoms with Crippen LogP contribution in [-0.2, 0) is 13.1 Å². The topological polar surface area (TPSA) is 15.3 Å². The standard InChI is InChI=1S/C17H25FN2/c1-12-9-20(10-13(12)2)11-15-7-14(3-6-17(15)18)8-19-16-4-5-16/h3,6-7,12-13,16,19H,4-5,8-11H2,1-2H3. The van der Waals surface area contributed by atoms with Gasteiger partial charge in [0.1, 0.15) is 5.82 Å². The summed E-state index contributed by atoms with van der Waals surface area (Å²) in [4.78, 5) is 2.38. The second-order valence-corrected chi connectivity index (χ2v) is 6.73. The molecule has 1 aliphatic carbocycles. The average Bonchev–Trinajstić information content (AvgIpc) is 3.18. The molecule has 1 aromatic carbocycles. The van der Waals surface area contributed by atoms with Gasteiger partial charge in [-0.25, -0.2) is 4.39 Å². The molecule has 1 aliphatic heterocycles. The maximum absolute atomic E-state index is 14.0. The number of nitrogens with one attached hydrogen (secondary N) is 1. The molecule has 0 aromatic heterocycles. The summed E-state index contributed by atoms with van der Waals surface area (Å²) in [5.41, 5.74) is 2.05. The summed E-state index contributed by atoms with van der Waals surface area (Å²) in [6.07, 6.45) is 2.58. The highest BCUT2D eigenvalue weighted by Gasteiger charge is 2.26. The maximum Gasteiger partial charge on any atom is 0.127 e. The van der Waals surface area contributed by atoms with Crippen molar-refractivity contribution >= 4 is 0 Å². The molecular weight excluding hydrogens is 251 g/mol. The largest absolute Gasteiger partial charge is 0.310 e. The summed E-state index contributed by atoms with van der Waals surface area (Å²) in [5, 5.41) is 3.49. The van der Waals surface area contributed by atoms with E-state index in [1.165, 1.54) is 18.4 Å². The molecule has 110 valence electrons. The molecule has 1 aromatic rings. The second-order valence-electron chi connectivity index (χ2n) is 6.73. The quantitative estimate of drug-likeness (QED) is 0.888. The molecule has 2 nitrogen and oxygen atoms in total. The van der Waals surface area contributed by atoms with Gasteiger partial charge in [0, 0.05) is 37.8 Å². The third kappa shape index (κ3) is 3.39. The van der Waals surface area contributed by atoms with E-state index >= 15 is 0 Å². The van der Waals surface area contributed by atoms with Crippen LogP contribution in [0.3, 0.4) is 0 Å². The Kier molecular flexibility index (Phi) is 4.08. The van der Waals surface area contributed by atoms with E-state index in [0.717, 1.165) is 43.6 Å². The lowest BCUT2D eigenvalue weighted by Crippen LogP contribution is -2.21. The highest BCUT2D eigenvalue weighted by atomic mass is 19.1. The van der Waals surface area contributed by atoms with E-state index in [4.69, 9.17) is 0 Å². The summed E-state index contributed by atoms with van der Waals surface area (Å²) in [6, 6.07) is 6.27. The summed E-state index contributed by atoms with van der Waals surface area (Å²) >= 11 is 0. The number of halogens is 1. The Morgan fingerprint density at radius 1 is 1.20 bits per heavy atom. The molecular formula is C17H25FN2. The van der Waals surface area contributed by atoms with E-state index in [-0.39, 0.29) is 5.82 Å². The fourth-order valence-corrected chi connectivity index (χ4v) is 3.03. The van der Waals surface area contributed by atoms with Crippen LogP contribution in [0.25, 0.3) is 0 Å². The summed E-state index contributed by atoms with van der Waals surface area (Å²) in [7, 11) is 0. The van der Waals surface area contributed by atoms with E-state index in [2.05, 4.69) is 24.1 Å². The fraction of sp³-hybridized carbons (Fsp3) is 0.647. The van der Waals surface area contributed by atoms with E-state index in [9.17, 15) is 4.39 Å². The Balaban J connectivity index is 1.63. The Labute approximate surface area is 121 Å². The zero-order valence-electron chi connectivity index (χ0n) is 12.5. The Morgan fingerprint density at radius 3 is 2.55 bits per heavy atom. The molecule has 0 radical (unpaired) electrons. The second kappa shape index (κ2) is 5.82. The molecule has 0 spiro atoms. The van der Waals surface area contributed by atoms with Gasteiger partial charge in [-0.05, 0) is 36.3 Å². The Hall–Kier alpha value is -0.930. The average molecular weight is 276 g/mol. The van der Waals surface area contributed by atoms with E-state index in [1.807, 2.05) is 12.1 Å². The van der Waals surface area contributed by atoms with Gasteiger partial charge in [-0.15, -0.1) is 0 Å². The smallest absolute Gasteiger partial charge is 0.127 e. The molecule has 0 amide bonds. The molecule has 2 fully saturated rings. The molecule has 2 unspecified atom stereocenters. The van der Waals surface area contributed by atoms with Crippen LogP contribution in [0.2, 0.25) is 0 Å². The first-order valence-corrected chi connectivity index (χ1v) is 7.85. The molecule has 0 bridgehead atoms. The first kappa shape index (κ1) is 14.0. The first-order chi connectivity index (χ1) is 9.61. The summed E-state index contributed by atoms with van der Waals surface area (Å²) in [6.45, 7) is 8.37. The van der Waals surface area contributed by atoms with Crippen molar-refractivity contribution in [3.05, 3.63) is 35.1 Å². The molecule has 1 N–H and O–H groups in total. The predicted octanol–water partition coefficient (Wildman–Crippen LogP) is 3.17. The highest BCUT2D eigenvalue weighted by Crippen LogP contribution is 2.25. The van der Waals surface area contributed by atoms with Crippen LogP contribution in [0.15, 0.2) is 18.2 Å². The minimum atomic E-state index is -0.0626. The van der Waals surface area contributed by atoms with Crippen molar-refractivity contribution in [1.29, 1.82) is 0 Å². The lowest BCUT2D eigenvalue weighted by molar-refractivity contribution is 0.310. The van der Waals surface area contributed by atoms with Crippen molar-refractivity contribution in [3.8, 4) is 0 Å². The Bertz CT molecular complexity index is 460.